The summed E-state index contributed by atoms with van der Waals surface area (Å²) in [7, 11) is 0. The second-order valence-corrected chi connectivity index (χ2v) is 5.37. The fourth-order valence-corrected chi connectivity index (χ4v) is 2.94. The van der Waals surface area contributed by atoms with E-state index >= 15 is 0 Å². The van der Waals surface area contributed by atoms with Crippen molar-refractivity contribution in [3.63, 3.8) is 0 Å². The number of halogens is 1. The Bertz CT molecular complexity index is 435. The standard InChI is InChI=1S/C13H17FN2O/c1-9-7-16(8-13(9,17)10-2-3-10)12-4-5-15-6-11(12)14/h4-6,9-10,17H,2-3,7-8H2,1H3/t9-,13+/m1/s1. The molecule has 1 aliphatic heterocycles. The summed E-state index contributed by atoms with van der Waals surface area (Å²) in [6, 6.07) is 1.68. The zero-order valence-electron chi connectivity index (χ0n) is 9.93. The lowest BCUT2D eigenvalue weighted by atomic mass is 9.88. The maximum Gasteiger partial charge on any atom is 0.164 e. The lowest BCUT2D eigenvalue weighted by Crippen LogP contribution is -2.39. The first-order chi connectivity index (χ1) is 8.11. The molecule has 2 fully saturated rings. The minimum absolute atomic E-state index is 0.197. The highest BCUT2D eigenvalue weighted by atomic mass is 19.1. The summed E-state index contributed by atoms with van der Waals surface area (Å²) in [6.07, 6.45) is 5.03. The molecule has 92 valence electrons. The van der Waals surface area contributed by atoms with Gasteiger partial charge in [-0.15, -0.1) is 0 Å². The highest BCUT2D eigenvalue weighted by Gasteiger charge is 2.52. The van der Waals surface area contributed by atoms with Crippen LogP contribution in [-0.2, 0) is 0 Å². The lowest BCUT2D eigenvalue weighted by Gasteiger charge is -2.26. The van der Waals surface area contributed by atoms with E-state index in [-0.39, 0.29) is 11.7 Å². The Balaban J connectivity index is 1.86. The molecule has 0 aromatic carbocycles. The van der Waals surface area contributed by atoms with Crippen LogP contribution in [0.3, 0.4) is 0 Å². The molecule has 2 heterocycles. The molecule has 4 heteroatoms. The van der Waals surface area contributed by atoms with Gasteiger partial charge in [-0.2, -0.15) is 0 Å². The highest BCUT2D eigenvalue weighted by molar-refractivity contribution is 5.48. The Morgan fingerprint density at radius 2 is 2.29 bits per heavy atom. The molecule has 0 unspecified atom stereocenters. The normalized spacial score (nSPS) is 33.1. The Morgan fingerprint density at radius 3 is 2.94 bits per heavy atom. The molecule has 1 aromatic rings. The van der Waals surface area contributed by atoms with Gasteiger partial charge in [0.1, 0.15) is 0 Å². The van der Waals surface area contributed by atoms with Crippen molar-refractivity contribution >= 4 is 5.69 Å². The summed E-state index contributed by atoms with van der Waals surface area (Å²) >= 11 is 0. The van der Waals surface area contributed by atoms with E-state index in [2.05, 4.69) is 11.9 Å². The topological polar surface area (TPSA) is 36.4 Å². The van der Waals surface area contributed by atoms with Crippen molar-refractivity contribution in [1.29, 1.82) is 0 Å². The Kier molecular flexibility index (Phi) is 2.36. The summed E-state index contributed by atoms with van der Waals surface area (Å²) in [5.74, 6) is 0.301. The number of rotatable bonds is 2. The molecule has 0 spiro atoms. The first kappa shape index (κ1) is 11.0. The highest BCUT2D eigenvalue weighted by Crippen LogP contribution is 2.47. The van der Waals surface area contributed by atoms with Gasteiger partial charge in [0.2, 0.25) is 0 Å². The summed E-state index contributed by atoms with van der Waals surface area (Å²) < 4.78 is 13.7. The summed E-state index contributed by atoms with van der Waals surface area (Å²) in [4.78, 5) is 5.70. The molecule has 17 heavy (non-hydrogen) atoms. The molecule has 1 aliphatic carbocycles. The van der Waals surface area contributed by atoms with E-state index in [1.807, 2.05) is 4.90 Å². The van der Waals surface area contributed by atoms with Crippen molar-refractivity contribution in [2.24, 2.45) is 11.8 Å². The number of hydrogen-bond donors (Lipinski definition) is 1. The number of β-amino-alcohol motifs (C(OH)–C–C–N with tert-alkyl or cyclic N) is 1. The van der Waals surface area contributed by atoms with Crippen LogP contribution < -0.4 is 4.90 Å². The van der Waals surface area contributed by atoms with Crippen LogP contribution in [0.1, 0.15) is 19.8 Å². The summed E-state index contributed by atoms with van der Waals surface area (Å²) in [6.45, 7) is 3.31. The largest absolute Gasteiger partial charge is 0.387 e. The van der Waals surface area contributed by atoms with Crippen molar-refractivity contribution in [2.45, 2.75) is 25.4 Å². The number of anilines is 1. The molecule has 0 radical (unpaired) electrons. The first-order valence-corrected chi connectivity index (χ1v) is 6.18. The smallest absolute Gasteiger partial charge is 0.164 e. The van der Waals surface area contributed by atoms with Gasteiger partial charge in [0.05, 0.1) is 17.5 Å². The van der Waals surface area contributed by atoms with E-state index in [9.17, 15) is 9.50 Å². The molecule has 1 N–H and O–H groups in total. The number of aromatic nitrogens is 1. The van der Waals surface area contributed by atoms with Gasteiger partial charge in [0, 0.05) is 25.2 Å². The third kappa shape index (κ3) is 1.71. The van der Waals surface area contributed by atoms with E-state index in [0.717, 1.165) is 12.8 Å². The van der Waals surface area contributed by atoms with Gasteiger partial charge < -0.3 is 10.0 Å². The fraction of sp³-hybridized carbons (Fsp3) is 0.615. The van der Waals surface area contributed by atoms with Gasteiger partial charge in [-0.25, -0.2) is 4.39 Å². The van der Waals surface area contributed by atoms with E-state index in [0.29, 0.717) is 24.7 Å². The lowest BCUT2D eigenvalue weighted by molar-refractivity contribution is 0.00282. The van der Waals surface area contributed by atoms with Gasteiger partial charge in [0.15, 0.2) is 5.82 Å². The van der Waals surface area contributed by atoms with Crippen LogP contribution in [0, 0.1) is 17.7 Å². The van der Waals surface area contributed by atoms with Gasteiger partial charge in [0.25, 0.3) is 0 Å². The molecular weight excluding hydrogens is 219 g/mol. The minimum Gasteiger partial charge on any atom is -0.387 e. The van der Waals surface area contributed by atoms with Crippen molar-refractivity contribution in [3.05, 3.63) is 24.3 Å². The first-order valence-electron chi connectivity index (χ1n) is 6.18. The van der Waals surface area contributed by atoms with Crippen LogP contribution in [0.5, 0.6) is 0 Å². The molecule has 3 rings (SSSR count). The van der Waals surface area contributed by atoms with Crippen LogP contribution in [0.15, 0.2) is 18.5 Å². The predicted molar refractivity (Wildman–Crippen MR) is 63.2 cm³/mol. The molecule has 1 saturated heterocycles. The zero-order valence-corrected chi connectivity index (χ0v) is 9.93. The van der Waals surface area contributed by atoms with Gasteiger partial charge in [-0.05, 0) is 24.8 Å². The average molecular weight is 236 g/mol. The predicted octanol–water partition coefficient (Wildman–Crippen LogP) is 1.82. The molecule has 3 nitrogen and oxygen atoms in total. The van der Waals surface area contributed by atoms with Crippen LogP contribution in [0.25, 0.3) is 0 Å². The SMILES string of the molecule is C[C@@H]1CN(c2ccncc2F)C[C@@]1(O)C1CC1. The van der Waals surface area contributed by atoms with E-state index < -0.39 is 5.60 Å². The molecule has 1 saturated carbocycles. The fourth-order valence-electron chi connectivity index (χ4n) is 2.94. The third-order valence-electron chi connectivity index (χ3n) is 4.17. The van der Waals surface area contributed by atoms with Gasteiger partial charge in [-0.1, -0.05) is 6.92 Å². The summed E-state index contributed by atoms with van der Waals surface area (Å²) in [5, 5.41) is 10.6. The Labute approximate surface area is 100 Å². The second-order valence-electron chi connectivity index (χ2n) is 5.37. The molecular formula is C13H17FN2O. The molecule has 2 aliphatic rings. The third-order valence-corrected chi connectivity index (χ3v) is 4.17. The molecule has 0 amide bonds. The summed E-state index contributed by atoms with van der Waals surface area (Å²) in [5.41, 5.74) is -0.0705. The number of pyridine rings is 1. The van der Waals surface area contributed by atoms with Crippen LogP contribution in [0.2, 0.25) is 0 Å². The van der Waals surface area contributed by atoms with Crippen LogP contribution >= 0.6 is 0 Å². The number of aliphatic hydroxyl groups is 1. The number of nitrogens with zero attached hydrogens (tertiary/aromatic N) is 2. The van der Waals surface area contributed by atoms with E-state index in [4.69, 9.17) is 0 Å². The maximum atomic E-state index is 13.7. The number of hydrogen-bond acceptors (Lipinski definition) is 3. The monoisotopic (exact) mass is 236 g/mol. The van der Waals surface area contributed by atoms with Crippen molar-refractivity contribution in [3.8, 4) is 0 Å². The van der Waals surface area contributed by atoms with Gasteiger partial charge in [-0.3, -0.25) is 4.98 Å². The minimum atomic E-state index is -0.629. The molecule has 2 atom stereocenters. The second kappa shape index (κ2) is 3.67. The van der Waals surface area contributed by atoms with Crippen LogP contribution in [-0.4, -0.2) is 28.8 Å². The molecule has 1 aromatic heterocycles. The van der Waals surface area contributed by atoms with E-state index in [1.54, 1.807) is 12.3 Å². The van der Waals surface area contributed by atoms with Crippen molar-refractivity contribution < 1.29 is 9.50 Å². The van der Waals surface area contributed by atoms with Crippen molar-refractivity contribution in [1.82, 2.24) is 4.98 Å². The maximum absolute atomic E-state index is 13.7. The van der Waals surface area contributed by atoms with Gasteiger partial charge >= 0.3 is 0 Å². The van der Waals surface area contributed by atoms with Crippen LogP contribution in [0.4, 0.5) is 10.1 Å². The van der Waals surface area contributed by atoms with E-state index in [1.165, 1.54) is 6.20 Å². The zero-order chi connectivity index (χ0) is 12.0. The van der Waals surface area contributed by atoms with Crippen molar-refractivity contribution in [2.75, 3.05) is 18.0 Å². The Hall–Kier alpha value is -1.16. The average Bonchev–Trinajstić information content (AvgIpc) is 3.09. The Morgan fingerprint density at radius 1 is 1.53 bits per heavy atom. The molecule has 0 bridgehead atoms. The quantitative estimate of drug-likeness (QED) is 0.851.